The zero-order chi connectivity index (χ0) is 20.7. The molecule has 0 fully saturated rings. The predicted molar refractivity (Wildman–Crippen MR) is 114 cm³/mol. The van der Waals surface area contributed by atoms with Crippen molar-refractivity contribution in [1.29, 1.82) is 0 Å². The van der Waals surface area contributed by atoms with E-state index in [4.69, 9.17) is 17.3 Å². The Balaban J connectivity index is 2.13. The van der Waals surface area contributed by atoms with Crippen LogP contribution < -0.4 is 16.4 Å². The van der Waals surface area contributed by atoms with Crippen LogP contribution in [0.4, 0.5) is 5.69 Å². The minimum absolute atomic E-state index is 0.148. The van der Waals surface area contributed by atoms with Gasteiger partial charge in [0.25, 0.3) is 5.91 Å². The first-order valence-electron chi connectivity index (χ1n) is 8.58. The summed E-state index contributed by atoms with van der Waals surface area (Å²) in [5, 5.41) is 5.66. The van der Waals surface area contributed by atoms with Crippen molar-refractivity contribution in [2.75, 3.05) is 17.3 Å². The minimum atomic E-state index is -0.713. The average molecular weight is 420 g/mol. The Labute approximate surface area is 173 Å². The van der Waals surface area contributed by atoms with Crippen LogP contribution in [0.1, 0.15) is 32.7 Å². The highest BCUT2D eigenvalue weighted by molar-refractivity contribution is 7.98. The van der Waals surface area contributed by atoms with Crippen LogP contribution >= 0.6 is 23.4 Å². The molecule has 0 spiro atoms. The van der Waals surface area contributed by atoms with E-state index in [1.54, 1.807) is 30.0 Å². The lowest BCUT2D eigenvalue weighted by molar-refractivity contribution is -0.118. The Morgan fingerprint density at radius 1 is 1.18 bits per heavy atom. The molecule has 0 aliphatic heterocycles. The third kappa shape index (κ3) is 6.00. The normalized spacial score (nSPS) is 11.5. The lowest BCUT2D eigenvalue weighted by Gasteiger charge is -2.18. The molecule has 0 heterocycles. The molecule has 28 heavy (non-hydrogen) atoms. The topological polar surface area (TPSA) is 101 Å². The first kappa shape index (κ1) is 21.8. The van der Waals surface area contributed by atoms with Crippen LogP contribution in [-0.4, -0.2) is 35.8 Å². The zero-order valence-corrected chi connectivity index (χ0v) is 17.2. The molecule has 6 nitrogen and oxygen atoms in total. The molecule has 2 aromatic carbocycles. The van der Waals surface area contributed by atoms with Crippen molar-refractivity contribution in [2.24, 2.45) is 5.73 Å². The SMILES string of the molecule is CSCCC(NC(=O)c1cccc(C)c1)C(=O)Nc1ccc(C(N)=O)c(Cl)c1. The Bertz CT molecular complexity index is 889. The van der Waals surface area contributed by atoms with Gasteiger partial charge in [0, 0.05) is 11.3 Å². The van der Waals surface area contributed by atoms with Gasteiger partial charge in [-0.1, -0.05) is 29.3 Å². The summed E-state index contributed by atoms with van der Waals surface area (Å²) in [6.07, 6.45) is 2.40. The van der Waals surface area contributed by atoms with Crippen molar-refractivity contribution in [1.82, 2.24) is 5.32 Å². The smallest absolute Gasteiger partial charge is 0.251 e. The number of anilines is 1. The number of carbonyl (C=O) groups is 3. The maximum absolute atomic E-state index is 12.7. The highest BCUT2D eigenvalue weighted by Gasteiger charge is 2.22. The van der Waals surface area contributed by atoms with E-state index in [0.717, 1.165) is 5.56 Å². The summed E-state index contributed by atoms with van der Waals surface area (Å²) in [6, 6.07) is 10.9. The van der Waals surface area contributed by atoms with Crippen molar-refractivity contribution in [2.45, 2.75) is 19.4 Å². The summed E-state index contributed by atoms with van der Waals surface area (Å²) in [6.45, 7) is 1.90. The lowest BCUT2D eigenvalue weighted by Crippen LogP contribution is -2.44. The number of amides is 3. The van der Waals surface area contributed by atoms with Crippen LogP contribution in [0.3, 0.4) is 0 Å². The molecule has 0 saturated carbocycles. The fraction of sp³-hybridized carbons (Fsp3) is 0.250. The van der Waals surface area contributed by atoms with Crippen molar-refractivity contribution in [3.63, 3.8) is 0 Å². The third-order valence-corrected chi connectivity index (χ3v) is 4.97. The Morgan fingerprint density at radius 3 is 2.54 bits per heavy atom. The molecule has 0 bridgehead atoms. The molecular weight excluding hydrogens is 398 g/mol. The number of nitrogens with two attached hydrogens (primary N) is 1. The fourth-order valence-electron chi connectivity index (χ4n) is 2.55. The molecule has 1 unspecified atom stereocenters. The molecule has 0 aromatic heterocycles. The molecular formula is C20H22ClN3O3S. The monoisotopic (exact) mass is 419 g/mol. The van der Waals surface area contributed by atoms with Crippen molar-refractivity contribution < 1.29 is 14.4 Å². The molecule has 2 rings (SSSR count). The molecule has 1 atom stereocenters. The van der Waals surface area contributed by atoms with Gasteiger partial charge in [-0.15, -0.1) is 0 Å². The number of aryl methyl sites for hydroxylation is 1. The second kappa shape index (κ2) is 10.1. The van der Waals surface area contributed by atoms with Gasteiger partial charge in [-0.2, -0.15) is 11.8 Å². The van der Waals surface area contributed by atoms with Crippen LogP contribution in [0.2, 0.25) is 5.02 Å². The van der Waals surface area contributed by atoms with E-state index in [-0.39, 0.29) is 22.4 Å². The molecule has 2 aromatic rings. The first-order chi connectivity index (χ1) is 13.3. The molecule has 0 aliphatic rings. The third-order valence-electron chi connectivity index (χ3n) is 4.01. The van der Waals surface area contributed by atoms with Crippen LogP contribution in [0.5, 0.6) is 0 Å². The summed E-state index contributed by atoms with van der Waals surface area (Å²) in [7, 11) is 0. The van der Waals surface area contributed by atoms with Crippen molar-refractivity contribution in [3.05, 3.63) is 64.2 Å². The van der Waals surface area contributed by atoms with E-state index in [9.17, 15) is 14.4 Å². The maximum atomic E-state index is 12.7. The molecule has 0 radical (unpaired) electrons. The minimum Gasteiger partial charge on any atom is -0.366 e. The zero-order valence-electron chi connectivity index (χ0n) is 15.6. The quantitative estimate of drug-likeness (QED) is 0.611. The number of carbonyl (C=O) groups excluding carboxylic acids is 3. The summed E-state index contributed by atoms with van der Waals surface area (Å²) < 4.78 is 0. The number of thioether (sulfide) groups is 1. The molecule has 0 saturated heterocycles. The van der Waals surface area contributed by atoms with Crippen molar-refractivity contribution in [3.8, 4) is 0 Å². The second-order valence-electron chi connectivity index (χ2n) is 6.23. The number of hydrogen-bond acceptors (Lipinski definition) is 4. The van der Waals surface area contributed by atoms with Crippen LogP contribution in [-0.2, 0) is 4.79 Å². The highest BCUT2D eigenvalue weighted by atomic mass is 35.5. The van der Waals surface area contributed by atoms with Gasteiger partial charge >= 0.3 is 0 Å². The Hall–Kier alpha value is -2.51. The summed E-state index contributed by atoms with van der Waals surface area (Å²) in [5.74, 6) is -0.621. The van der Waals surface area contributed by atoms with E-state index >= 15 is 0 Å². The number of rotatable bonds is 8. The number of halogens is 1. The molecule has 3 amide bonds. The number of hydrogen-bond donors (Lipinski definition) is 3. The molecule has 8 heteroatoms. The van der Waals surface area contributed by atoms with E-state index in [2.05, 4.69) is 10.6 Å². The lowest BCUT2D eigenvalue weighted by atomic mass is 10.1. The van der Waals surface area contributed by atoms with E-state index in [0.29, 0.717) is 23.4 Å². The van der Waals surface area contributed by atoms with Gasteiger partial charge in [0.05, 0.1) is 10.6 Å². The van der Waals surface area contributed by atoms with Crippen LogP contribution in [0.25, 0.3) is 0 Å². The van der Waals surface area contributed by atoms with Gasteiger partial charge in [-0.3, -0.25) is 14.4 Å². The second-order valence-corrected chi connectivity index (χ2v) is 7.62. The summed E-state index contributed by atoms with van der Waals surface area (Å²) in [4.78, 5) is 36.5. The van der Waals surface area contributed by atoms with Crippen LogP contribution in [0.15, 0.2) is 42.5 Å². The predicted octanol–water partition coefficient (Wildman–Crippen LogP) is 3.24. The fourth-order valence-corrected chi connectivity index (χ4v) is 3.30. The Kier molecular flexibility index (Phi) is 7.90. The standard InChI is InChI=1S/C20H22ClN3O3S/c1-12-4-3-5-13(10-12)19(26)24-17(8-9-28-2)20(27)23-14-6-7-15(18(22)25)16(21)11-14/h3-7,10-11,17H,8-9H2,1-2H3,(H2,22,25)(H,23,27)(H,24,26). The molecule has 148 valence electrons. The first-order valence-corrected chi connectivity index (χ1v) is 10.4. The maximum Gasteiger partial charge on any atom is 0.251 e. The highest BCUT2D eigenvalue weighted by Crippen LogP contribution is 2.21. The summed E-state index contributed by atoms with van der Waals surface area (Å²) in [5.41, 5.74) is 7.27. The van der Waals surface area contributed by atoms with Gasteiger partial charge in [0.15, 0.2) is 0 Å². The molecule has 4 N–H and O–H groups in total. The Morgan fingerprint density at radius 2 is 1.93 bits per heavy atom. The van der Waals surface area contributed by atoms with Gasteiger partial charge in [0.1, 0.15) is 6.04 Å². The van der Waals surface area contributed by atoms with E-state index in [1.165, 1.54) is 18.2 Å². The van der Waals surface area contributed by atoms with Crippen LogP contribution in [0, 0.1) is 6.92 Å². The van der Waals surface area contributed by atoms with Crippen molar-refractivity contribution >= 4 is 46.8 Å². The average Bonchev–Trinajstić information content (AvgIpc) is 2.64. The number of benzene rings is 2. The number of nitrogens with one attached hydrogen (secondary N) is 2. The molecule has 0 aliphatic carbocycles. The summed E-state index contributed by atoms with van der Waals surface area (Å²) >= 11 is 7.61. The largest absolute Gasteiger partial charge is 0.366 e. The van der Waals surface area contributed by atoms with Gasteiger partial charge < -0.3 is 16.4 Å². The van der Waals surface area contributed by atoms with E-state index < -0.39 is 11.9 Å². The van der Waals surface area contributed by atoms with Gasteiger partial charge in [-0.25, -0.2) is 0 Å². The number of primary amides is 1. The van der Waals surface area contributed by atoms with Gasteiger partial charge in [-0.05, 0) is 55.7 Å². The van der Waals surface area contributed by atoms with Gasteiger partial charge in [0.2, 0.25) is 11.8 Å². The van der Waals surface area contributed by atoms with E-state index in [1.807, 2.05) is 19.2 Å².